The summed E-state index contributed by atoms with van der Waals surface area (Å²) in [7, 11) is 0. The molecule has 6 heteroatoms. The lowest BCUT2D eigenvalue weighted by Crippen LogP contribution is -2.13. The van der Waals surface area contributed by atoms with Crippen LogP contribution < -0.4 is 16.0 Å². The number of rotatable bonds is 10. The van der Waals surface area contributed by atoms with Gasteiger partial charge in [0.15, 0.2) is 0 Å². The molecule has 0 aromatic carbocycles. The first kappa shape index (κ1) is 22.5. The van der Waals surface area contributed by atoms with Crippen molar-refractivity contribution < 1.29 is 0 Å². The zero-order chi connectivity index (χ0) is 23.4. The van der Waals surface area contributed by atoms with Crippen molar-refractivity contribution in [2.45, 2.75) is 39.5 Å². The monoisotopic (exact) mass is 440 g/mol. The van der Waals surface area contributed by atoms with Gasteiger partial charge < -0.3 is 16.0 Å². The van der Waals surface area contributed by atoms with Gasteiger partial charge in [-0.05, 0) is 49.8 Å². The van der Waals surface area contributed by atoms with Crippen molar-refractivity contribution >= 4 is 23.0 Å². The van der Waals surface area contributed by atoms with E-state index in [1.54, 1.807) is 0 Å². The summed E-state index contributed by atoms with van der Waals surface area (Å²) < 4.78 is 0. The Bertz CT molecular complexity index is 1150. The average molecular weight is 441 g/mol. The fourth-order valence-electron chi connectivity index (χ4n) is 3.90. The third-order valence-corrected chi connectivity index (χ3v) is 5.74. The first-order chi connectivity index (χ1) is 16.0. The molecule has 3 aromatic rings. The molecule has 0 aliphatic heterocycles. The molecule has 1 aliphatic rings. The zero-order valence-electron chi connectivity index (χ0n) is 19.7. The van der Waals surface area contributed by atoms with Gasteiger partial charge in [-0.15, -0.1) is 0 Å². The molecule has 170 valence electrons. The van der Waals surface area contributed by atoms with E-state index in [2.05, 4.69) is 59.8 Å². The molecule has 0 saturated heterocycles. The summed E-state index contributed by atoms with van der Waals surface area (Å²) in [6.45, 7) is 15.6. The van der Waals surface area contributed by atoms with Crippen LogP contribution in [0.2, 0.25) is 0 Å². The zero-order valence-corrected chi connectivity index (χ0v) is 19.7. The van der Waals surface area contributed by atoms with Gasteiger partial charge in [-0.1, -0.05) is 33.1 Å². The summed E-state index contributed by atoms with van der Waals surface area (Å²) in [6, 6.07) is 10.00. The molecular formula is C27H32N6. The Morgan fingerprint density at radius 3 is 2.58 bits per heavy atom. The standard InChI is InChI=1S/C27H32N6/c1-6-28-19(5)22-16-31-25(32-18(4)20-10-11-20)15-24(22)33-27-26(17(2)3)21(12-14-30-27)23-9-7-8-13-29-23/h7-9,12-17,20,28H,4-6,10-11H2,1-3H3,(H2,30,31,32,33). The minimum atomic E-state index is 0.243. The Morgan fingerprint density at radius 1 is 1.09 bits per heavy atom. The number of nitrogens with zero attached hydrogens (tertiary/aromatic N) is 3. The first-order valence-electron chi connectivity index (χ1n) is 11.5. The highest BCUT2D eigenvalue weighted by atomic mass is 15.0. The molecule has 0 atom stereocenters. The summed E-state index contributed by atoms with van der Waals surface area (Å²) in [6.07, 6.45) is 7.86. The van der Waals surface area contributed by atoms with Gasteiger partial charge in [0.25, 0.3) is 0 Å². The maximum Gasteiger partial charge on any atom is 0.134 e. The lowest BCUT2D eigenvalue weighted by Gasteiger charge is -2.20. The van der Waals surface area contributed by atoms with Crippen LogP contribution in [0.4, 0.5) is 17.3 Å². The van der Waals surface area contributed by atoms with Crippen LogP contribution in [0.25, 0.3) is 17.0 Å². The molecule has 33 heavy (non-hydrogen) atoms. The highest BCUT2D eigenvalue weighted by Crippen LogP contribution is 2.38. The Hall–Kier alpha value is -3.67. The van der Waals surface area contributed by atoms with E-state index in [-0.39, 0.29) is 5.92 Å². The SMILES string of the molecule is C=C(NCC)c1cnc(NC(=C)C2CC2)cc1Nc1nccc(-c2ccccn2)c1C(C)C. The molecule has 0 amide bonds. The normalized spacial score (nSPS) is 13.0. The van der Waals surface area contributed by atoms with E-state index >= 15 is 0 Å². The number of pyridine rings is 3. The van der Waals surface area contributed by atoms with E-state index in [1.165, 1.54) is 12.8 Å². The summed E-state index contributed by atoms with van der Waals surface area (Å²) in [5.41, 5.74) is 6.74. The van der Waals surface area contributed by atoms with E-state index in [4.69, 9.17) is 4.98 Å². The van der Waals surface area contributed by atoms with Crippen LogP contribution in [-0.4, -0.2) is 21.5 Å². The maximum atomic E-state index is 4.71. The van der Waals surface area contributed by atoms with Gasteiger partial charge in [0.1, 0.15) is 11.6 Å². The molecule has 0 unspecified atom stereocenters. The summed E-state index contributed by atoms with van der Waals surface area (Å²) in [5.74, 6) is 2.35. The van der Waals surface area contributed by atoms with Crippen molar-refractivity contribution in [3.63, 3.8) is 0 Å². The van der Waals surface area contributed by atoms with Crippen LogP contribution in [0.1, 0.15) is 50.7 Å². The average Bonchev–Trinajstić information content (AvgIpc) is 3.65. The quantitative estimate of drug-likeness (QED) is 0.342. The Kier molecular flexibility index (Phi) is 6.73. The summed E-state index contributed by atoms with van der Waals surface area (Å²) in [5, 5.41) is 10.3. The van der Waals surface area contributed by atoms with Gasteiger partial charge >= 0.3 is 0 Å². The molecule has 1 saturated carbocycles. The molecule has 1 fully saturated rings. The molecule has 4 rings (SSSR count). The van der Waals surface area contributed by atoms with Crippen molar-refractivity contribution in [3.8, 4) is 11.3 Å². The number of hydrogen-bond acceptors (Lipinski definition) is 6. The van der Waals surface area contributed by atoms with Crippen LogP contribution in [0.15, 0.2) is 67.8 Å². The minimum Gasteiger partial charge on any atom is -0.385 e. The molecule has 6 nitrogen and oxygen atoms in total. The molecule has 3 heterocycles. The van der Waals surface area contributed by atoms with Crippen LogP contribution in [0.5, 0.6) is 0 Å². The number of nitrogens with one attached hydrogen (secondary N) is 3. The second kappa shape index (κ2) is 9.86. The van der Waals surface area contributed by atoms with Crippen molar-refractivity contribution in [1.29, 1.82) is 0 Å². The topological polar surface area (TPSA) is 74.8 Å². The Labute approximate surface area is 196 Å². The highest BCUT2D eigenvalue weighted by molar-refractivity contribution is 5.80. The van der Waals surface area contributed by atoms with Crippen LogP contribution in [0, 0.1) is 5.92 Å². The van der Waals surface area contributed by atoms with Crippen LogP contribution in [0.3, 0.4) is 0 Å². The molecule has 3 N–H and O–H groups in total. The summed E-state index contributed by atoms with van der Waals surface area (Å²) >= 11 is 0. The van der Waals surface area contributed by atoms with Crippen LogP contribution >= 0.6 is 0 Å². The fraction of sp³-hybridized carbons (Fsp3) is 0.296. The van der Waals surface area contributed by atoms with E-state index in [9.17, 15) is 0 Å². The van der Waals surface area contributed by atoms with Gasteiger partial charge in [-0.3, -0.25) is 4.98 Å². The van der Waals surface area contributed by atoms with Crippen molar-refractivity contribution in [2.75, 3.05) is 17.2 Å². The molecule has 1 aliphatic carbocycles. The van der Waals surface area contributed by atoms with Crippen molar-refractivity contribution in [3.05, 3.63) is 78.9 Å². The van der Waals surface area contributed by atoms with E-state index in [0.717, 1.165) is 57.6 Å². The molecular weight excluding hydrogens is 408 g/mol. The largest absolute Gasteiger partial charge is 0.385 e. The van der Waals surface area contributed by atoms with E-state index < -0.39 is 0 Å². The number of hydrogen-bond donors (Lipinski definition) is 3. The van der Waals surface area contributed by atoms with Gasteiger partial charge in [-0.2, -0.15) is 0 Å². The molecule has 0 radical (unpaired) electrons. The molecule has 0 bridgehead atoms. The molecule has 0 spiro atoms. The third kappa shape index (κ3) is 5.22. The second-order valence-electron chi connectivity index (χ2n) is 8.66. The second-order valence-corrected chi connectivity index (χ2v) is 8.66. The van der Waals surface area contributed by atoms with Crippen molar-refractivity contribution in [2.24, 2.45) is 5.92 Å². The number of aromatic nitrogens is 3. The molecule has 3 aromatic heterocycles. The van der Waals surface area contributed by atoms with E-state index in [0.29, 0.717) is 5.92 Å². The smallest absolute Gasteiger partial charge is 0.134 e. The number of anilines is 3. The predicted molar refractivity (Wildman–Crippen MR) is 137 cm³/mol. The third-order valence-electron chi connectivity index (χ3n) is 5.74. The predicted octanol–water partition coefficient (Wildman–Crippen LogP) is 6.32. The number of allylic oxidation sites excluding steroid dienone is 1. The van der Waals surface area contributed by atoms with Gasteiger partial charge in [0.05, 0.1) is 11.4 Å². The summed E-state index contributed by atoms with van der Waals surface area (Å²) in [4.78, 5) is 13.9. The van der Waals surface area contributed by atoms with Gasteiger partial charge in [0, 0.05) is 59.3 Å². The van der Waals surface area contributed by atoms with E-state index in [1.807, 2.05) is 48.9 Å². The lowest BCUT2D eigenvalue weighted by atomic mass is 9.95. The lowest BCUT2D eigenvalue weighted by molar-refractivity contribution is 0.863. The fourth-order valence-corrected chi connectivity index (χ4v) is 3.90. The minimum absolute atomic E-state index is 0.243. The highest BCUT2D eigenvalue weighted by Gasteiger charge is 2.25. The maximum absolute atomic E-state index is 4.71. The van der Waals surface area contributed by atoms with Gasteiger partial charge in [-0.25, -0.2) is 9.97 Å². The van der Waals surface area contributed by atoms with Crippen molar-refractivity contribution in [1.82, 2.24) is 20.3 Å². The first-order valence-corrected chi connectivity index (χ1v) is 11.5. The Balaban J connectivity index is 1.75. The van der Waals surface area contributed by atoms with Crippen LogP contribution in [-0.2, 0) is 0 Å². The Morgan fingerprint density at radius 2 is 1.91 bits per heavy atom. The van der Waals surface area contributed by atoms with Gasteiger partial charge in [0.2, 0.25) is 0 Å².